The SMILES string of the molecule is CNCc1c(SC)ccc(OC)c1F. The monoisotopic (exact) mass is 215 g/mol. The summed E-state index contributed by atoms with van der Waals surface area (Å²) >= 11 is 1.53. The molecule has 0 fully saturated rings. The molecule has 1 aromatic carbocycles. The van der Waals surface area contributed by atoms with Gasteiger partial charge in [-0.05, 0) is 25.4 Å². The van der Waals surface area contributed by atoms with Crippen LogP contribution in [-0.4, -0.2) is 20.4 Å². The first-order valence-electron chi connectivity index (χ1n) is 4.28. The van der Waals surface area contributed by atoms with E-state index in [0.29, 0.717) is 17.9 Å². The van der Waals surface area contributed by atoms with Gasteiger partial charge < -0.3 is 10.1 Å². The van der Waals surface area contributed by atoms with Crippen LogP contribution >= 0.6 is 11.8 Å². The van der Waals surface area contributed by atoms with Gasteiger partial charge in [-0.1, -0.05) is 0 Å². The van der Waals surface area contributed by atoms with Gasteiger partial charge in [-0.25, -0.2) is 4.39 Å². The molecule has 0 aliphatic heterocycles. The number of nitrogens with one attached hydrogen (secondary N) is 1. The molecular formula is C10H14FNOS. The van der Waals surface area contributed by atoms with Crippen LogP contribution in [-0.2, 0) is 6.54 Å². The summed E-state index contributed by atoms with van der Waals surface area (Å²) in [7, 11) is 3.27. The Hall–Kier alpha value is -0.740. The summed E-state index contributed by atoms with van der Waals surface area (Å²) in [5.41, 5.74) is 0.666. The third-order valence-corrected chi connectivity index (χ3v) is 2.78. The molecule has 0 radical (unpaired) electrons. The minimum absolute atomic E-state index is 0.270. The fourth-order valence-corrected chi connectivity index (χ4v) is 1.88. The molecule has 2 nitrogen and oxygen atoms in total. The summed E-state index contributed by atoms with van der Waals surface area (Å²) in [6.45, 7) is 0.513. The Balaban J connectivity index is 3.16. The van der Waals surface area contributed by atoms with Crippen LogP contribution in [0.3, 0.4) is 0 Å². The standard InChI is InChI=1S/C10H14FNOS/c1-12-6-7-9(14-3)5-4-8(13-2)10(7)11/h4-5,12H,6H2,1-3H3. The van der Waals surface area contributed by atoms with Gasteiger partial charge in [0.1, 0.15) is 0 Å². The normalized spacial score (nSPS) is 10.3. The lowest BCUT2D eigenvalue weighted by molar-refractivity contribution is 0.382. The molecule has 0 aromatic heterocycles. The van der Waals surface area contributed by atoms with E-state index < -0.39 is 0 Å². The van der Waals surface area contributed by atoms with Gasteiger partial charge in [0.25, 0.3) is 0 Å². The number of hydrogen-bond acceptors (Lipinski definition) is 3. The Kier molecular flexibility index (Phi) is 4.22. The Morgan fingerprint density at radius 2 is 2.21 bits per heavy atom. The molecule has 1 aromatic rings. The zero-order valence-electron chi connectivity index (χ0n) is 8.56. The highest BCUT2D eigenvalue weighted by Gasteiger charge is 2.12. The molecule has 0 saturated carbocycles. The first-order chi connectivity index (χ1) is 6.74. The number of thioether (sulfide) groups is 1. The lowest BCUT2D eigenvalue weighted by atomic mass is 10.2. The van der Waals surface area contributed by atoms with Gasteiger partial charge in [-0.3, -0.25) is 0 Å². The maximum atomic E-state index is 13.7. The zero-order chi connectivity index (χ0) is 10.6. The fraction of sp³-hybridized carbons (Fsp3) is 0.400. The Morgan fingerprint density at radius 3 is 2.71 bits per heavy atom. The molecule has 0 saturated heterocycles. The quantitative estimate of drug-likeness (QED) is 0.779. The van der Waals surface area contributed by atoms with E-state index in [1.54, 1.807) is 13.1 Å². The number of hydrogen-bond donors (Lipinski definition) is 1. The number of benzene rings is 1. The van der Waals surface area contributed by atoms with Crippen molar-refractivity contribution in [2.24, 2.45) is 0 Å². The van der Waals surface area contributed by atoms with Crippen LogP contribution in [0.1, 0.15) is 5.56 Å². The minimum Gasteiger partial charge on any atom is -0.494 e. The topological polar surface area (TPSA) is 21.3 Å². The first-order valence-corrected chi connectivity index (χ1v) is 5.51. The predicted octanol–water partition coefficient (Wildman–Crippen LogP) is 2.28. The van der Waals surface area contributed by atoms with Crippen molar-refractivity contribution in [1.29, 1.82) is 0 Å². The Morgan fingerprint density at radius 1 is 1.50 bits per heavy atom. The average Bonchev–Trinajstić information content (AvgIpc) is 2.21. The van der Waals surface area contributed by atoms with Crippen LogP contribution in [0.5, 0.6) is 5.75 Å². The van der Waals surface area contributed by atoms with Gasteiger partial charge in [-0.15, -0.1) is 11.8 Å². The molecule has 0 heterocycles. The number of rotatable bonds is 4. The predicted molar refractivity (Wildman–Crippen MR) is 57.5 cm³/mol. The molecule has 0 atom stereocenters. The summed E-state index contributed by atoms with van der Waals surface area (Å²) in [6.07, 6.45) is 1.93. The number of halogens is 1. The smallest absolute Gasteiger partial charge is 0.170 e. The molecule has 0 amide bonds. The highest BCUT2D eigenvalue weighted by molar-refractivity contribution is 7.98. The summed E-state index contributed by atoms with van der Waals surface area (Å²) in [4.78, 5) is 0.942. The van der Waals surface area contributed by atoms with Crippen LogP contribution in [0.4, 0.5) is 4.39 Å². The van der Waals surface area contributed by atoms with Gasteiger partial charge in [0.05, 0.1) is 7.11 Å². The summed E-state index contributed by atoms with van der Waals surface area (Å²) in [5, 5.41) is 2.94. The van der Waals surface area contributed by atoms with E-state index in [-0.39, 0.29) is 5.82 Å². The number of methoxy groups -OCH3 is 1. The minimum atomic E-state index is -0.270. The molecule has 14 heavy (non-hydrogen) atoms. The van der Waals surface area contributed by atoms with E-state index in [1.165, 1.54) is 18.9 Å². The van der Waals surface area contributed by atoms with Crippen molar-refractivity contribution in [3.8, 4) is 5.75 Å². The van der Waals surface area contributed by atoms with E-state index >= 15 is 0 Å². The molecule has 0 bridgehead atoms. The highest BCUT2D eigenvalue weighted by atomic mass is 32.2. The van der Waals surface area contributed by atoms with E-state index in [9.17, 15) is 4.39 Å². The van der Waals surface area contributed by atoms with Crippen molar-refractivity contribution in [2.45, 2.75) is 11.4 Å². The third kappa shape index (κ3) is 2.19. The van der Waals surface area contributed by atoms with Crippen LogP contribution in [0.2, 0.25) is 0 Å². The second-order valence-corrected chi connectivity index (χ2v) is 3.64. The molecular weight excluding hydrogens is 201 g/mol. The van der Waals surface area contributed by atoms with Crippen molar-refractivity contribution in [3.05, 3.63) is 23.5 Å². The molecule has 0 spiro atoms. The fourth-order valence-electron chi connectivity index (χ4n) is 1.27. The Bertz CT molecular complexity index is 317. The average molecular weight is 215 g/mol. The van der Waals surface area contributed by atoms with E-state index in [4.69, 9.17) is 4.74 Å². The van der Waals surface area contributed by atoms with Gasteiger partial charge in [0.2, 0.25) is 0 Å². The number of ether oxygens (including phenoxy) is 1. The summed E-state index contributed by atoms with van der Waals surface area (Å²) in [5.74, 6) is 0.0294. The molecule has 0 aliphatic rings. The van der Waals surface area contributed by atoms with Crippen molar-refractivity contribution in [3.63, 3.8) is 0 Å². The van der Waals surface area contributed by atoms with Crippen molar-refractivity contribution in [2.75, 3.05) is 20.4 Å². The van der Waals surface area contributed by atoms with Crippen LogP contribution in [0.25, 0.3) is 0 Å². The van der Waals surface area contributed by atoms with Crippen molar-refractivity contribution < 1.29 is 9.13 Å². The third-order valence-electron chi connectivity index (χ3n) is 1.96. The van der Waals surface area contributed by atoms with Gasteiger partial charge >= 0.3 is 0 Å². The van der Waals surface area contributed by atoms with Crippen LogP contribution < -0.4 is 10.1 Å². The van der Waals surface area contributed by atoms with Crippen LogP contribution in [0.15, 0.2) is 17.0 Å². The molecule has 78 valence electrons. The molecule has 1 N–H and O–H groups in total. The van der Waals surface area contributed by atoms with Gasteiger partial charge in [-0.2, -0.15) is 0 Å². The van der Waals surface area contributed by atoms with Crippen molar-refractivity contribution >= 4 is 11.8 Å². The van der Waals surface area contributed by atoms with E-state index in [1.807, 2.05) is 12.3 Å². The Labute approximate surface area is 87.8 Å². The van der Waals surface area contributed by atoms with Gasteiger partial charge in [0, 0.05) is 17.0 Å². The first kappa shape index (κ1) is 11.3. The van der Waals surface area contributed by atoms with E-state index in [2.05, 4.69) is 5.32 Å². The lowest BCUT2D eigenvalue weighted by Gasteiger charge is -2.11. The van der Waals surface area contributed by atoms with Gasteiger partial charge in [0.15, 0.2) is 11.6 Å². The maximum absolute atomic E-state index is 13.7. The summed E-state index contributed by atoms with van der Waals surface area (Å²) < 4.78 is 18.6. The molecule has 4 heteroatoms. The lowest BCUT2D eigenvalue weighted by Crippen LogP contribution is -2.09. The largest absolute Gasteiger partial charge is 0.494 e. The maximum Gasteiger partial charge on any atom is 0.170 e. The molecule has 1 rings (SSSR count). The zero-order valence-corrected chi connectivity index (χ0v) is 9.37. The second kappa shape index (κ2) is 5.22. The van der Waals surface area contributed by atoms with Crippen LogP contribution in [0, 0.1) is 5.82 Å². The molecule has 0 unspecified atom stereocenters. The van der Waals surface area contributed by atoms with Crippen molar-refractivity contribution in [1.82, 2.24) is 5.32 Å². The van der Waals surface area contributed by atoms with E-state index in [0.717, 1.165) is 4.90 Å². The summed E-state index contributed by atoms with van der Waals surface area (Å²) in [6, 6.07) is 3.53. The highest BCUT2D eigenvalue weighted by Crippen LogP contribution is 2.28. The second-order valence-electron chi connectivity index (χ2n) is 2.79. The molecule has 0 aliphatic carbocycles.